The largest absolute Gasteiger partial charge is 0.310 e. The van der Waals surface area contributed by atoms with Crippen LogP contribution in [0, 0.1) is 17.0 Å². The van der Waals surface area contributed by atoms with Crippen molar-refractivity contribution < 1.29 is 8.78 Å². The molecule has 1 atom stereocenters. The maximum Gasteiger partial charge on any atom is 0.130 e. The summed E-state index contributed by atoms with van der Waals surface area (Å²) in [4.78, 5) is 0. The van der Waals surface area contributed by atoms with Crippen molar-refractivity contribution in [3.05, 3.63) is 35.4 Å². The van der Waals surface area contributed by atoms with Gasteiger partial charge in [-0.15, -0.1) is 0 Å². The van der Waals surface area contributed by atoms with Crippen LogP contribution in [0.25, 0.3) is 0 Å². The van der Waals surface area contributed by atoms with Crippen molar-refractivity contribution in [2.75, 3.05) is 6.54 Å². The third-order valence-electron chi connectivity index (χ3n) is 2.60. The van der Waals surface area contributed by atoms with Gasteiger partial charge in [-0.3, -0.25) is 0 Å². The van der Waals surface area contributed by atoms with E-state index in [0.717, 1.165) is 19.0 Å². The molecule has 96 valence electrons. The second-order valence-corrected chi connectivity index (χ2v) is 5.54. The molecule has 0 spiro atoms. The van der Waals surface area contributed by atoms with Gasteiger partial charge in [0.05, 0.1) is 0 Å². The summed E-state index contributed by atoms with van der Waals surface area (Å²) in [6, 6.07) is 3.72. The highest BCUT2D eigenvalue weighted by Gasteiger charge is 2.22. The maximum absolute atomic E-state index is 13.7. The monoisotopic (exact) mass is 241 g/mol. The van der Waals surface area contributed by atoms with Crippen LogP contribution in [0.3, 0.4) is 0 Å². The van der Waals surface area contributed by atoms with E-state index in [-0.39, 0.29) is 11.5 Å². The average molecular weight is 241 g/mol. The van der Waals surface area contributed by atoms with Gasteiger partial charge in [0.15, 0.2) is 0 Å². The zero-order valence-electron chi connectivity index (χ0n) is 11.0. The molecule has 0 saturated carbocycles. The zero-order valence-corrected chi connectivity index (χ0v) is 11.0. The van der Waals surface area contributed by atoms with E-state index < -0.39 is 11.6 Å². The summed E-state index contributed by atoms with van der Waals surface area (Å²) in [5.41, 5.74) is 0.636. The van der Waals surface area contributed by atoms with Gasteiger partial charge in [-0.05, 0) is 24.4 Å². The fourth-order valence-corrected chi connectivity index (χ4v) is 1.93. The Kier molecular flexibility index (Phi) is 4.63. The van der Waals surface area contributed by atoms with E-state index >= 15 is 0 Å². The number of rotatable bonds is 4. The van der Waals surface area contributed by atoms with Crippen molar-refractivity contribution >= 4 is 0 Å². The molecule has 1 nitrogen and oxygen atoms in total. The highest BCUT2D eigenvalue weighted by Crippen LogP contribution is 2.30. The Morgan fingerprint density at radius 3 is 2.35 bits per heavy atom. The van der Waals surface area contributed by atoms with Crippen LogP contribution in [-0.2, 0) is 0 Å². The molecule has 0 saturated heterocycles. The quantitative estimate of drug-likeness (QED) is 0.838. The number of hydrogen-bond acceptors (Lipinski definition) is 1. The van der Waals surface area contributed by atoms with Crippen LogP contribution in [-0.4, -0.2) is 6.54 Å². The predicted octanol–water partition coefficient (Wildman–Crippen LogP) is 4.05. The molecule has 0 aliphatic rings. The highest BCUT2D eigenvalue weighted by atomic mass is 19.1. The van der Waals surface area contributed by atoms with Crippen molar-refractivity contribution in [3.63, 3.8) is 0 Å². The van der Waals surface area contributed by atoms with Crippen LogP contribution in [0.4, 0.5) is 8.78 Å². The lowest BCUT2D eigenvalue weighted by Crippen LogP contribution is -2.26. The van der Waals surface area contributed by atoms with Gasteiger partial charge < -0.3 is 5.32 Å². The molecular formula is C14H21F2N. The third-order valence-corrected chi connectivity index (χ3v) is 2.60. The average Bonchev–Trinajstić information content (AvgIpc) is 2.14. The lowest BCUT2D eigenvalue weighted by atomic mass is 9.85. The molecule has 0 fully saturated rings. The van der Waals surface area contributed by atoms with Crippen molar-refractivity contribution in [2.24, 2.45) is 5.41 Å². The van der Waals surface area contributed by atoms with Crippen LogP contribution in [0.1, 0.15) is 45.7 Å². The Morgan fingerprint density at radius 2 is 1.88 bits per heavy atom. The van der Waals surface area contributed by atoms with Crippen molar-refractivity contribution in [1.29, 1.82) is 0 Å². The molecule has 1 aromatic carbocycles. The van der Waals surface area contributed by atoms with Crippen LogP contribution < -0.4 is 5.32 Å². The Balaban J connectivity index is 2.97. The Morgan fingerprint density at radius 1 is 1.24 bits per heavy atom. The lowest BCUT2D eigenvalue weighted by Gasteiger charge is -2.27. The summed E-state index contributed by atoms with van der Waals surface area (Å²) in [7, 11) is 0. The van der Waals surface area contributed by atoms with Gasteiger partial charge >= 0.3 is 0 Å². The smallest absolute Gasteiger partial charge is 0.130 e. The highest BCUT2D eigenvalue weighted by molar-refractivity contribution is 5.22. The molecule has 0 radical (unpaired) electrons. The minimum absolute atomic E-state index is 0.0689. The SMILES string of the molecule is CCNC(CC(C)(C)C)c1ccc(F)cc1F. The summed E-state index contributed by atoms with van der Waals surface area (Å²) in [6.45, 7) is 9.07. The normalized spacial score (nSPS) is 13.8. The Labute approximate surface area is 102 Å². The van der Waals surface area contributed by atoms with Gasteiger partial charge in [-0.25, -0.2) is 8.78 Å². The van der Waals surface area contributed by atoms with E-state index in [1.807, 2.05) is 6.92 Å². The molecule has 1 N–H and O–H groups in total. The van der Waals surface area contributed by atoms with Crippen LogP contribution in [0.15, 0.2) is 18.2 Å². The molecule has 1 rings (SSSR count). The van der Waals surface area contributed by atoms with E-state index in [9.17, 15) is 8.78 Å². The standard InChI is InChI=1S/C14H21F2N/c1-5-17-13(9-14(2,3)4)11-7-6-10(15)8-12(11)16/h6-8,13,17H,5,9H2,1-4H3. The molecule has 0 heterocycles. The third kappa shape index (κ3) is 4.43. The molecule has 0 aliphatic heterocycles. The minimum atomic E-state index is -0.530. The first-order valence-electron chi connectivity index (χ1n) is 6.02. The number of benzene rings is 1. The fraction of sp³-hybridized carbons (Fsp3) is 0.571. The number of hydrogen-bond donors (Lipinski definition) is 1. The molecule has 1 unspecified atom stereocenters. The summed E-state index contributed by atoms with van der Waals surface area (Å²) in [5, 5.41) is 3.25. The molecule has 3 heteroatoms. The first-order valence-corrected chi connectivity index (χ1v) is 6.02. The van der Waals surface area contributed by atoms with E-state index in [1.165, 1.54) is 12.1 Å². The molecule has 0 aromatic heterocycles. The summed E-state index contributed by atoms with van der Waals surface area (Å²) in [6.07, 6.45) is 0.809. The van der Waals surface area contributed by atoms with Gasteiger partial charge in [0.2, 0.25) is 0 Å². The van der Waals surface area contributed by atoms with Gasteiger partial charge in [-0.2, -0.15) is 0 Å². The van der Waals surface area contributed by atoms with Crippen LogP contribution >= 0.6 is 0 Å². The van der Waals surface area contributed by atoms with Crippen molar-refractivity contribution in [2.45, 2.75) is 40.2 Å². The van der Waals surface area contributed by atoms with E-state index in [2.05, 4.69) is 26.1 Å². The second kappa shape index (κ2) is 5.58. The summed E-state index contributed by atoms with van der Waals surface area (Å²) < 4.78 is 26.6. The van der Waals surface area contributed by atoms with Gasteiger partial charge in [-0.1, -0.05) is 33.8 Å². The van der Waals surface area contributed by atoms with Crippen molar-refractivity contribution in [1.82, 2.24) is 5.32 Å². The first-order chi connectivity index (χ1) is 7.83. The van der Waals surface area contributed by atoms with Crippen molar-refractivity contribution in [3.8, 4) is 0 Å². The van der Waals surface area contributed by atoms with Gasteiger partial charge in [0, 0.05) is 17.7 Å². The molecule has 1 aromatic rings. The number of halogens is 2. The van der Waals surface area contributed by atoms with Gasteiger partial charge in [0.1, 0.15) is 11.6 Å². The molecule has 0 amide bonds. The lowest BCUT2D eigenvalue weighted by molar-refractivity contribution is 0.309. The molecule has 0 aliphatic carbocycles. The summed E-state index contributed by atoms with van der Waals surface area (Å²) in [5.74, 6) is -1.00. The molecule has 0 bridgehead atoms. The number of nitrogens with one attached hydrogen (secondary N) is 1. The van der Waals surface area contributed by atoms with E-state index in [4.69, 9.17) is 0 Å². The Hall–Kier alpha value is -0.960. The Bertz CT molecular complexity index is 369. The fourth-order valence-electron chi connectivity index (χ4n) is 1.93. The van der Waals surface area contributed by atoms with E-state index in [1.54, 1.807) is 0 Å². The molecule has 17 heavy (non-hydrogen) atoms. The topological polar surface area (TPSA) is 12.0 Å². The summed E-state index contributed by atoms with van der Waals surface area (Å²) >= 11 is 0. The minimum Gasteiger partial charge on any atom is -0.310 e. The maximum atomic E-state index is 13.7. The van der Waals surface area contributed by atoms with Crippen LogP contribution in [0.2, 0.25) is 0 Å². The molecular weight excluding hydrogens is 220 g/mol. The van der Waals surface area contributed by atoms with Crippen LogP contribution in [0.5, 0.6) is 0 Å². The first kappa shape index (κ1) is 14.1. The van der Waals surface area contributed by atoms with Gasteiger partial charge in [0.25, 0.3) is 0 Å². The predicted molar refractivity (Wildman–Crippen MR) is 66.8 cm³/mol. The second-order valence-electron chi connectivity index (χ2n) is 5.54. The van der Waals surface area contributed by atoms with E-state index in [0.29, 0.717) is 5.56 Å². The zero-order chi connectivity index (χ0) is 13.1.